The largest absolute Gasteiger partial charge is 0.492 e. The van der Waals surface area contributed by atoms with E-state index in [-0.39, 0.29) is 5.78 Å². The summed E-state index contributed by atoms with van der Waals surface area (Å²) in [4.78, 5) is 20.4. The number of carbonyl (C=O) groups excluding carboxylic acids is 1. The summed E-state index contributed by atoms with van der Waals surface area (Å²) in [5.41, 5.74) is 2.53. The molecular weight excluding hydrogens is 324 g/mol. The number of nitrogens with zero attached hydrogens (tertiary/aromatic N) is 4. The van der Waals surface area contributed by atoms with E-state index in [1.54, 1.807) is 16.6 Å². The summed E-state index contributed by atoms with van der Waals surface area (Å²) in [6, 6.07) is 9.23. The number of aryl methyl sites for hydroxylation is 2. The zero-order valence-corrected chi connectivity index (χ0v) is 14.6. The Labute approximate surface area is 144 Å². The lowest BCUT2D eigenvalue weighted by Gasteiger charge is -2.08. The Balaban J connectivity index is 1.61. The topological polar surface area (TPSA) is 69.4 Å². The molecule has 6 nitrogen and oxygen atoms in total. The van der Waals surface area contributed by atoms with E-state index in [0.717, 1.165) is 11.4 Å². The van der Waals surface area contributed by atoms with Crippen LogP contribution >= 0.6 is 11.8 Å². The maximum Gasteiger partial charge on any atom is 0.253 e. The van der Waals surface area contributed by atoms with Crippen molar-refractivity contribution in [2.24, 2.45) is 0 Å². The maximum atomic E-state index is 11.6. The van der Waals surface area contributed by atoms with Crippen molar-refractivity contribution in [3.63, 3.8) is 0 Å². The molecule has 0 radical (unpaired) electrons. The number of benzene rings is 1. The van der Waals surface area contributed by atoms with Gasteiger partial charge in [-0.1, -0.05) is 23.9 Å². The zero-order valence-electron chi connectivity index (χ0n) is 13.8. The van der Waals surface area contributed by atoms with E-state index in [1.165, 1.54) is 18.7 Å². The van der Waals surface area contributed by atoms with Crippen LogP contribution in [0.3, 0.4) is 0 Å². The lowest BCUT2D eigenvalue weighted by molar-refractivity contribution is 0.101. The van der Waals surface area contributed by atoms with Crippen LogP contribution in [0, 0.1) is 13.8 Å². The van der Waals surface area contributed by atoms with Crippen molar-refractivity contribution in [1.82, 2.24) is 19.6 Å². The van der Waals surface area contributed by atoms with Crippen molar-refractivity contribution in [2.45, 2.75) is 25.9 Å². The van der Waals surface area contributed by atoms with Crippen LogP contribution in [0.2, 0.25) is 0 Å². The average molecular weight is 342 g/mol. The van der Waals surface area contributed by atoms with Gasteiger partial charge in [-0.15, -0.1) is 5.10 Å². The smallest absolute Gasteiger partial charge is 0.253 e. The standard InChI is InChI=1S/C17H18N4O2S/c1-11-10-12(2)21-16(18-11)19-17(20-21)24-9-8-23-15-7-5-4-6-14(15)13(3)22/h4-7,10H,8-9H2,1-3H3. The summed E-state index contributed by atoms with van der Waals surface area (Å²) >= 11 is 1.50. The molecule has 3 aromatic rings. The van der Waals surface area contributed by atoms with Crippen molar-refractivity contribution in [3.05, 3.63) is 47.3 Å². The Kier molecular flexibility index (Phi) is 4.80. The molecular formula is C17H18N4O2S. The number of Topliss-reactive ketones (excluding diaryl/α,β-unsaturated/α-hetero) is 1. The Morgan fingerprint density at radius 3 is 2.83 bits per heavy atom. The maximum absolute atomic E-state index is 11.6. The minimum atomic E-state index is -0.00260. The third-order valence-electron chi connectivity index (χ3n) is 3.44. The van der Waals surface area contributed by atoms with Gasteiger partial charge in [0.25, 0.3) is 5.78 Å². The summed E-state index contributed by atoms with van der Waals surface area (Å²) in [7, 11) is 0. The molecule has 3 rings (SSSR count). The van der Waals surface area contributed by atoms with Gasteiger partial charge in [0, 0.05) is 17.1 Å². The molecule has 0 aliphatic heterocycles. The van der Waals surface area contributed by atoms with E-state index >= 15 is 0 Å². The Bertz CT molecular complexity index is 891. The summed E-state index contributed by atoms with van der Waals surface area (Å²) in [6.45, 7) is 5.92. The Morgan fingerprint density at radius 2 is 2.04 bits per heavy atom. The van der Waals surface area contributed by atoms with E-state index in [0.29, 0.717) is 34.6 Å². The van der Waals surface area contributed by atoms with Crippen molar-refractivity contribution in [1.29, 1.82) is 0 Å². The van der Waals surface area contributed by atoms with Crippen LogP contribution in [0.25, 0.3) is 5.78 Å². The summed E-state index contributed by atoms with van der Waals surface area (Å²) in [5.74, 6) is 1.90. The number of aromatic nitrogens is 4. The highest BCUT2D eigenvalue weighted by atomic mass is 32.2. The number of hydrogen-bond donors (Lipinski definition) is 0. The number of hydrogen-bond acceptors (Lipinski definition) is 6. The molecule has 0 fully saturated rings. The molecule has 0 bridgehead atoms. The molecule has 0 spiro atoms. The molecule has 2 aromatic heterocycles. The molecule has 0 N–H and O–H groups in total. The fourth-order valence-electron chi connectivity index (χ4n) is 2.38. The van der Waals surface area contributed by atoms with E-state index in [4.69, 9.17) is 4.74 Å². The third-order valence-corrected chi connectivity index (χ3v) is 4.24. The molecule has 7 heteroatoms. The Hall–Kier alpha value is -2.41. The first-order chi connectivity index (χ1) is 11.5. The van der Waals surface area contributed by atoms with Crippen LogP contribution < -0.4 is 4.74 Å². The second-order valence-electron chi connectivity index (χ2n) is 5.39. The van der Waals surface area contributed by atoms with Gasteiger partial charge in [0.05, 0.1) is 12.2 Å². The molecule has 0 saturated carbocycles. The molecule has 0 unspecified atom stereocenters. The molecule has 0 amide bonds. The van der Waals surface area contributed by atoms with Crippen LogP contribution in [-0.2, 0) is 0 Å². The van der Waals surface area contributed by atoms with Gasteiger partial charge in [-0.2, -0.15) is 4.98 Å². The number of carbonyl (C=O) groups is 1. The fourth-order valence-corrected chi connectivity index (χ4v) is 3.01. The monoisotopic (exact) mass is 342 g/mol. The summed E-state index contributed by atoms with van der Waals surface area (Å²) in [5, 5.41) is 5.11. The molecule has 2 heterocycles. The predicted octanol–water partition coefficient (Wildman–Crippen LogP) is 3.11. The zero-order chi connectivity index (χ0) is 17.1. The first-order valence-electron chi connectivity index (χ1n) is 7.61. The number of ketones is 1. The van der Waals surface area contributed by atoms with Gasteiger partial charge in [-0.25, -0.2) is 9.50 Å². The number of para-hydroxylation sites is 1. The highest BCUT2D eigenvalue weighted by molar-refractivity contribution is 7.99. The van der Waals surface area contributed by atoms with E-state index < -0.39 is 0 Å². The van der Waals surface area contributed by atoms with Gasteiger partial charge in [-0.3, -0.25) is 4.79 Å². The third kappa shape index (κ3) is 3.56. The van der Waals surface area contributed by atoms with Crippen molar-refractivity contribution < 1.29 is 9.53 Å². The predicted molar refractivity (Wildman–Crippen MR) is 92.9 cm³/mol. The van der Waals surface area contributed by atoms with Crippen LogP contribution in [0.15, 0.2) is 35.5 Å². The van der Waals surface area contributed by atoms with Crippen LogP contribution in [0.1, 0.15) is 28.7 Å². The number of ether oxygens (including phenoxy) is 1. The van der Waals surface area contributed by atoms with Crippen molar-refractivity contribution >= 4 is 23.3 Å². The van der Waals surface area contributed by atoms with E-state index in [2.05, 4.69) is 15.1 Å². The molecule has 0 aliphatic carbocycles. The summed E-state index contributed by atoms with van der Waals surface area (Å²) in [6.07, 6.45) is 0. The van der Waals surface area contributed by atoms with Gasteiger partial charge in [0.1, 0.15) is 5.75 Å². The highest BCUT2D eigenvalue weighted by Crippen LogP contribution is 2.20. The van der Waals surface area contributed by atoms with Gasteiger partial charge >= 0.3 is 0 Å². The molecule has 24 heavy (non-hydrogen) atoms. The molecule has 1 aromatic carbocycles. The number of rotatable bonds is 6. The molecule has 124 valence electrons. The van der Waals surface area contributed by atoms with Crippen LogP contribution in [0.5, 0.6) is 5.75 Å². The highest BCUT2D eigenvalue weighted by Gasteiger charge is 2.10. The quantitative estimate of drug-likeness (QED) is 0.389. The fraction of sp³-hybridized carbons (Fsp3) is 0.294. The first-order valence-corrected chi connectivity index (χ1v) is 8.60. The van der Waals surface area contributed by atoms with E-state index in [1.807, 2.05) is 32.0 Å². The number of fused-ring (bicyclic) bond motifs is 1. The summed E-state index contributed by atoms with van der Waals surface area (Å²) < 4.78 is 7.45. The normalized spacial score (nSPS) is 11.0. The first kappa shape index (κ1) is 16.4. The van der Waals surface area contributed by atoms with Crippen LogP contribution in [-0.4, -0.2) is 37.7 Å². The minimum absolute atomic E-state index is 0.00260. The SMILES string of the molecule is CC(=O)c1ccccc1OCCSc1nc2nc(C)cc(C)n2n1. The van der Waals surface area contributed by atoms with Gasteiger partial charge in [0.15, 0.2) is 5.78 Å². The van der Waals surface area contributed by atoms with Gasteiger partial charge in [-0.05, 0) is 39.0 Å². The Morgan fingerprint density at radius 1 is 1.25 bits per heavy atom. The molecule has 0 aliphatic rings. The van der Waals surface area contributed by atoms with Crippen molar-refractivity contribution in [2.75, 3.05) is 12.4 Å². The minimum Gasteiger partial charge on any atom is -0.492 e. The van der Waals surface area contributed by atoms with Gasteiger partial charge < -0.3 is 4.74 Å². The lowest BCUT2D eigenvalue weighted by atomic mass is 10.1. The molecule has 0 saturated heterocycles. The second-order valence-corrected chi connectivity index (χ2v) is 6.46. The lowest BCUT2D eigenvalue weighted by Crippen LogP contribution is -2.04. The second kappa shape index (κ2) is 7.00. The van der Waals surface area contributed by atoms with Gasteiger partial charge in [0.2, 0.25) is 5.16 Å². The van der Waals surface area contributed by atoms with E-state index in [9.17, 15) is 4.79 Å². The number of thioether (sulfide) groups is 1. The van der Waals surface area contributed by atoms with Crippen molar-refractivity contribution in [3.8, 4) is 5.75 Å². The average Bonchev–Trinajstić information content (AvgIpc) is 2.95. The molecule has 0 atom stereocenters. The van der Waals surface area contributed by atoms with Crippen LogP contribution in [0.4, 0.5) is 0 Å².